The predicted octanol–water partition coefficient (Wildman–Crippen LogP) is 4.32. The Hall–Kier alpha value is -2.81. The van der Waals surface area contributed by atoms with Gasteiger partial charge in [-0.05, 0) is 59.0 Å². The molecule has 0 saturated carbocycles. The van der Waals surface area contributed by atoms with Gasteiger partial charge in [-0.25, -0.2) is 14.2 Å². The van der Waals surface area contributed by atoms with E-state index in [-0.39, 0.29) is 12.1 Å². The lowest BCUT2D eigenvalue weighted by Crippen LogP contribution is -2.36. The van der Waals surface area contributed by atoms with Crippen LogP contribution in [0.4, 0.5) is 9.18 Å². The van der Waals surface area contributed by atoms with Gasteiger partial charge in [0.05, 0.1) is 23.7 Å². The number of aromatic nitrogens is 2. The molecule has 0 aliphatic carbocycles. The third-order valence-electron chi connectivity index (χ3n) is 5.67. The number of hydrogen-bond donors (Lipinski definition) is 1. The molecule has 2 fully saturated rings. The van der Waals surface area contributed by atoms with E-state index in [0.717, 1.165) is 12.8 Å². The zero-order valence-corrected chi connectivity index (χ0v) is 19.2. The highest BCUT2D eigenvalue weighted by molar-refractivity contribution is 6.62. The van der Waals surface area contributed by atoms with Crippen molar-refractivity contribution in [2.24, 2.45) is 0 Å². The van der Waals surface area contributed by atoms with Crippen LogP contribution >= 0.6 is 0 Å². The Balaban J connectivity index is 1.52. The van der Waals surface area contributed by atoms with Crippen LogP contribution in [0.15, 0.2) is 36.7 Å². The minimum atomic E-state index is -0.695. The van der Waals surface area contributed by atoms with E-state index in [0.29, 0.717) is 34.8 Å². The third kappa shape index (κ3) is 4.39. The van der Waals surface area contributed by atoms with Gasteiger partial charge in [-0.1, -0.05) is 18.7 Å². The summed E-state index contributed by atoms with van der Waals surface area (Å²) in [7, 11) is -0.695. The lowest BCUT2D eigenvalue weighted by atomic mass is 9.78. The van der Waals surface area contributed by atoms with Gasteiger partial charge in [0.15, 0.2) is 0 Å². The number of carbonyl (C=O) groups is 1. The molecule has 0 unspecified atom stereocenters. The molecule has 1 N–H and O–H groups in total. The normalized spacial score (nSPS) is 20.6. The Morgan fingerprint density at radius 3 is 2.78 bits per heavy atom. The Labute approximate surface area is 188 Å². The second kappa shape index (κ2) is 7.96. The second-order valence-electron chi connectivity index (χ2n) is 9.75. The highest BCUT2D eigenvalue weighted by atomic mass is 19.1. The zero-order valence-electron chi connectivity index (χ0n) is 19.2. The van der Waals surface area contributed by atoms with Crippen molar-refractivity contribution < 1.29 is 23.2 Å². The van der Waals surface area contributed by atoms with E-state index in [2.05, 4.69) is 16.5 Å². The van der Waals surface area contributed by atoms with Crippen LogP contribution in [0.1, 0.15) is 59.3 Å². The number of nitrogens with zero attached hydrogens (tertiary/aromatic N) is 2. The number of nitrogens with one attached hydrogen (secondary N) is 1. The summed E-state index contributed by atoms with van der Waals surface area (Å²) < 4.78 is 32.0. The second-order valence-corrected chi connectivity index (χ2v) is 9.75. The minimum absolute atomic E-state index is 0.227. The summed E-state index contributed by atoms with van der Waals surface area (Å²) in [5, 5.41) is 0. The van der Waals surface area contributed by atoms with Gasteiger partial charge in [0.2, 0.25) is 0 Å². The molecule has 4 rings (SSSR count). The molecule has 0 bridgehead atoms. The van der Waals surface area contributed by atoms with Crippen LogP contribution in [-0.4, -0.2) is 45.8 Å². The first-order valence-electron chi connectivity index (χ1n) is 10.8. The van der Waals surface area contributed by atoms with Crippen LogP contribution in [0.3, 0.4) is 0 Å². The van der Waals surface area contributed by atoms with E-state index in [9.17, 15) is 9.18 Å². The van der Waals surface area contributed by atoms with Crippen molar-refractivity contribution in [1.29, 1.82) is 0 Å². The molecule has 1 aromatic heterocycles. The average molecular weight is 441 g/mol. The number of aromatic amines is 1. The highest BCUT2D eigenvalue weighted by Crippen LogP contribution is 2.33. The first-order valence-corrected chi connectivity index (χ1v) is 10.8. The van der Waals surface area contributed by atoms with Crippen LogP contribution in [0, 0.1) is 5.82 Å². The maximum absolute atomic E-state index is 15.0. The monoisotopic (exact) mass is 441 g/mol. The number of ether oxygens (including phenoxy) is 1. The largest absolute Gasteiger partial charge is 0.563 e. The van der Waals surface area contributed by atoms with Gasteiger partial charge < -0.3 is 19.0 Å². The summed E-state index contributed by atoms with van der Waals surface area (Å²) in [6, 6.07) is 4.61. The van der Waals surface area contributed by atoms with Crippen LogP contribution in [0.5, 0.6) is 0 Å². The van der Waals surface area contributed by atoms with Crippen molar-refractivity contribution in [3.8, 4) is 11.3 Å². The van der Waals surface area contributed by atoms with E-state index in [1.54, 1.807) is 23.2 Å². The molecule has 32 heavy (non-hydrogen) atoms. The number of H-pyrrole nitrogens is 1. The highest BCUT2D eigenvalue weighted by Gasteiger charge is 2.43. The molecule has 1 atom stereocenters. The lowest BCUT2D eigenvalue weighted by molar-refractivity contribution is 0.0218. The number of imidazole rings is 1. The Bertz CT molecular complexity index is 1050. The number of amides is 1. The van der Waals surface area contributed by atoms with Gasteiger partial charge in [0.1, 0.15) is 22.8 Å². The molecule has 3 heterocycles. The van der Waals surface area contributed by atoms with Crippen LogP contribution in [0.2, 0.25) is 0 Å². The van der Waals surface area contributed by atoms with Crippen molar-refractivity contribution in [1.82, 2.24) is 14.9 Å². The van der Waals surface area contributed by atoms with E-state index in [4.69, 9.17) is 14.0 Å². The third-order valence-corrected chi connectivity index (χ3v) is 5.67. The van der Waals surface area contributed by atoms with Crippen molar-refractivity contribution in [2.75, 3.05) is 6.54 Å². The SMILES string of the molecule is C=C1OB(c2ccc(-c3cnc([C@@H]4CCCN4C(=O)OC(C)(C)C)[nH]3)c(F)c2)OC1(C)C. The minimum Gasteiger partial charge on any atom is -0.534 e. The molecule has 2 aliphatic heterocycles. The maximum Gasteiger partial charge on any atom is 0.563 e. The number of halogens is 1. The summed E-state index contributed by atoms with van der Waals surface area (Å²) in [6.07, 6.45) is 2.84. The molecule has 2 aromatic rings. The Kier molecular flexibility index (Phi) is 5.57. The summed E-state index contributed by atoms with van der Waals surface area (Å²) >= 11 is 0. The van der Waals surface area contributed by atoms with Gasteiger partial charge in [-0.2, -0.15) is 0 Å². The Morgan fingerprint density at radius 1 is 1.41 bits per heavy atom. The van der Waals surface area contributed by atoms with E-state index < -0.39 is 24.1 Å². The van der Waals surface area contributed by atoms with E-state index in [1.807, 2.05) is 34.6 Å². The van der Waals surface area contributed by atoms with Crippen molar-refractivity contribution >= 4 is 18.7 Å². The standard InChI is InChI=1S/C23H29BFN3O4/c1-14-23(5,6)32-24(31-14)15-9-10-16(17(25)12-15)18-13-26-20(27-18)19-8-7-11-28(19)21(29)30-22(2,3)4/h9-10,12-13,19H,1,7-8,11H2,2-6H3,(H,26,27)/t19-/m0/s1. The number of likely N-dealkylation sites (tertiary alicyclic amines) is 1. The number of carbonyl (C=O) groups excluding carboxylic acids is 1. The fourth-order valence-corrected chi connectivity index (χ4v) is 3.89. The molecule has 1 amide bonds. The van der Waals surface area contributed by atoms with Crippen molar-refractivity contribution in [3.63, 3.8) is 0 Å². The van der Waals surface area contributed by atoms with Gasteiger partial charge in [0.25, 0.3) is 0 Å². The topological polar surface area (TPSA) is 76.7 Å². The number of benzene rings is 1. The van der Waals surface area contributed by atoms with Gasteiger partial charge in [-0.3, -0.25) is 4.90 Å². The van der Waals surface area contributed by atoms with Gasteiger partial charge in [0, 0.05) is 12.1 Å². The smallest absolute Gasteiger partial charge is 0.534 e. The van der Waals surface area contributed by atoms with Gasteiger partial charge in [-0.15, -0.1) is 0 Å². The first-order chi connectivity index (χ1) is 14.9. The summed E-state index contributed by atoms with van der Waals surface area (Å²) in [4.78, 5) is 21.9. The molecule has 2 aliphatic rings. The lowest BCUT2D eigenvalue weighted by Gasteiger charge is -2.27. The van der Waals surface area contributed by atoms with Crippen molar-refractivity contribution in [3.05, 3.63) is 48.4 Å². The van der Waals surface area contributed by atoms with Crippen LogP contribution < -0.4 is 5.46 Å². The van der Waals surface area contributed by atoms with Crippen LogP contribution in [0.25, 0.3) is 11.3 Å². The molecule has 7 nitrogen and oxygen atoms in total. The molecular formula is C23H29BFN3O4. The molecule has 9 heteroatoms. The molecule has 2 saturated heterocycles. The summed E-state index contributed by atoms with van der Waals surface area (Å²) in [5.41, 5.74) is 0.296. The fourth-order valence-electron chi connectivity index (χ4n) is 3.89. The van der Waals surface area contributed by atoms with Gasteiger partial charge >= 0.3 is 13.2 Å². The number of hydrogen-bond acceptors (Lipinski definition) is 5. The van der Waals surface area contributed by atoms with E-state index in [1.165, 1.54) is 6.07 Å². The Morgan fingerprint density at radius 2 is 2.16 bits per heavy atom. The maximum atomic E-state index is 15.0. The summed E-state index contributed by atoms with van der Waals surface area (Å²) in [6.45, 7) is 13.7. The number of rotatable bonds is 3. The molecule has 1 aromatic carbocycles. The molecule has 0 radical (unpaired) electrons. The first kappa shape index (κ1) is 22.4. The van der Waals surface area contributed by atoms with E-state index >= 15 is 0 Å². The molecular weight excluding hydrogens is 412 g/mol. The molecule has 170 valence electrons. The van der Waals surface area contributed by atoms with Crippen molar-refractivity contribution in [2.45, 2.75) is 64.7 Å². The fraction of sp³-hybridized carbons (Fsp3) is 0.478. The van der Waals surface area contributed by atoms with Crippen LogP contribution in [-0.2, 0) is 14.0 Å². The molecule has 0 spiro atoms. The predicted molar refractivity (Wildman–Crippen MR) is 120 cm³/mol. The summed E-state index contributed by atoms with van der Waals surface area (Å²) in [5.74, 6) is 0.708. The quantitative estimate of drug-likeness (QED) is 0.718. The zero-order chi connectivity index (χ0) is 23.3. The average Bonchev–Trinajstić information content (AvgIpc) is 3.39.